The van der Waals surface area contributed by atoms with Crippen molar-refractivity contribution >= 4 is 6.03 Å². The second-order valence-corrected chi connectivity index (χ2v) is 6.69. The van der Waals surface area contributed by atoms with Crippen LogP contribution >= 0.6 is 0 Å². The van der Waals surface area contributed by atoms with Crippen molar-refractivity contribution in [3.05, 3.63) is 65.2 Å². The van der Waals surface area contributed by atoms with Crippen LogP contribution in [-0.2, 0) is 11.2 Å². The van der Waals surface area contributed by atoms with Crippen molar-refractivity contribution in [2.45, 2.75) is 18.4 Å². The molecular formula is C20H22N2O3. The molecule has 25 heavy (non-hydrogen) atoms. The molecule has 2 aromatic rings. The number of phenols is 1. The third kappa shape index (κ3) is 3.33. The number of benzene rings is 2. The molecule has 0 radical (unpaired) electrons. The number of carbonyl (C=O) groups is 1. The molecule has 130 valence electrons. The van der Waals surface area contributed by atoms with E-state index in [2.05, 4.69) is 29.6 Å². The highest BCUT2D eigenvalue weighted by Crippen LogP contribution is 2.34. The lowest BCUT2D eigenvalue weighted by molar-refractivity contribution is -0.0155. The van der Waals surface area contributed by atoms with Crippen LogP contribution < -0.4 is 5.32 Å². The molecule has 2 unspecified atom stereocenters. The van der Waals surface area contributed by atoms with E-state index in [4.69, 9.17) is 4.74 Å². The van der Waals surface area contributed by atoms with Crippen LogP contribution in [0.3, 0.4) is 0 Å². The number of nitrogens with one attached hydrogen (secondary N) is 1. The zero-order valence-corrected chi connectivity index (χ0v) is 14.0. The summed E-state index contributed by atoms with van der Waals surface area (Å²) in [4.78, 5) is 14.3. The Bertz CT molecular complexity index is 777. The molecule has 5 nitrogen and oxygen atoms in total. The number of urea groups is 1. The van der Waals surface area contributed by atoms with Gasteiger partial charge in [-0.25, -0.2) is 4.79 Å². The van der Waals surface area contributed by atoms with Crippen molar-refractivity contribution in [3.63, 3.8) is 0 Å². The minimum absolute atomic E-state index is 0.0437. The van der Waals surface area contributed by atoms with Crippen LogP contribution in [0.4, 0.5) is 4.79 Å². The summed E-state index contributed by atoms with van der Waals surface area (Å²) in [6.07, 6.45) is 0.835. The Kier molecular flexibility index (Phi) is 4.32. The Morgan fingerprint density at radius 1 is 1.24 bits per heavy atom. The first-order valence-corrected chi connectivity index (χ1v) is 8.72. The van der Waals surface area contributed by atoms with Crippen LogP contribution in [0, 0.1) is 0 Å². The molecule has 2 amide bonds. The lowest BCUT2D eigenvalue weighted by Crippen LogP contribution is -2.48. The first kappa shape index (κ1) is 16.0. The molecule has 0 bridgehead atoms. The van der Waals surface area contributed by atoms with Gasteiger partial charge in [0, 0.05) is 19.0 Å². The van der Waals surface area contributed by atoms with Gasteiger partial charge < -0.3 is 20.1 Å². The first-order chi connectivity index (χ1) is 12.2. The smallest absolute Gasteiger partial charge is 0.317 e. The molecule has 0 spiro atoms. The number of fused-ring (bicyclic) bond motifs is 1. The second kappa shape index (κ2) is 6.76. The summed E-state index contributed by atoms with van der Waals surface area (Å²) in [6, 6.07) is 15.4. The average Bonchev–Trinajstić information content (AvgIpc) is 2.62. The second-order valence-electron chi connectivity index (χ2n) is 6.69. The molecule has 1 heterocycles. The number of ether oxygens (including phenoxy) is 1. The SMILES string of the molecule is O=C(NCC1Cc2ccccc21)N1CCOC(c2cccc(O)c2)C1. The number of amides is 2. The molecule has 2 aromatic carbocycles. The number of phenolic OH excluding ortho intramolecular Hbond substituents is 1. The molecule has 1 aliphatic heterocycles. The summed E-state index contributed by atoms with van der Waals surface area (Å²) in [7, 11) is 0. The van der Waals surface area contributed by atoms with Gasteiger partial charge in [0.05, 0.1) is 13.2 Å². The van der Waals surface area contributed by atoms with Gasteiger partial charge in [-0.1, -0.05) is 36.4 Å². The standard InChI is InChI=1S/C20H22N2O3/c23-17-6-3-5-15(11-17)19-13-22(8-9-25-19)20(24)21-12-16-10-14-4-1-2-7-18(14)16/h1-7,11,16,19,23H,8-10,12-13H2,(H,21,24). The minimum atomic E-state index is -0.198. The number of morpholine rings is 1. The Balaban J connectivity index is 1.33. The third-order valence-corrected chi connectivity index (χ3v) is 5.06. The fraction of sp³-hybridized carbons (Fsp3) is 0.350. The molecule has 5 heteroatoms. The number of rotatable bonds is 3. The lowest BCUT2D eigenvalue weighted by Gasteiger charge is -2.35. The number of carbonyl (C=O) groups excluding carboxylic acids is 1. The summed E-state index contributed by atoms with van der Waals surface area (Å²) < 4.78 is 5.77. The molecular weight excluding hydrogens is 316 g/mol. The largest absolute Gasteiger partial charge is 0.508 e. The van der Waals surface area contributed by atoms with Crippen molar-refractivity contribution in [2.24, 2.45) is 0 Å². The van der Waals surface area contributed by atoms with Crippen molar-refractivity contribution < 1.29 is 14.6 Å². The number of nitrogens with zero attached hydrogens (tertiary/aromatic N) is 1. The number of aromatic hydroxyl groups is 1. The van der Waals surface area contributed by atoms with E-state index in [9.17, 15) is 9.90 Å². The van der Waals surface area contributed by atoms with Gasteiger partial charge >= 0.3 is 6.03 Å². The van der Waals surface area contributed by atoms with Gasteiger partial charge in [-0.3, -0.25) is 0 Å². The van der Waals surface area contributed by atoms with Gasteiger partial charge in [0.15, 0.2) is 0 Å². The van der Waals surface area contributed by atoms with Gasteiger partial charge in [0.2, 0.25) is 0 Å². The van der Waals surface area contributed by atoms with E-state index in [0.717, 1.165) is 12.0 Å². The molecule has 1 saturated heterocycles. The Morgan fingerprint density at radius 2 is 2.12 bits per heavy atom. The molecule has 1 aliphatic carbocycles. The van der Waals surface area contributed by atoms with Crippen LogP contribution in [0.2, 0.25) is 0 Å². The first-order valence-electron chi connectivity index (χ1n) is 8.72. The maximum atomic E-state index is 12.5. The normalized spacial score (nSPS) is 22.0. The van der Waals surface area contributed by atoms with Gasteiger partial charge in [0.1, 0.15) is 11.9 Å². The molecule has 2 aliphatic rings. The van der Waals surface area contributed by atoms with E-state index >= 15 is 0 Å². The zero-order chi connectivity index (χ0) is 17.2. The van der Waals surface area contributed by atoms with E-state index in [1.54, 1.807) is 23.1 Å². The summed E-state index contributed by atoms with van der Waals surface area (Å²) in [5.74, 6) is 0.634. The van der Waals surface area contributed by atoms with Crippen LogP contribution in [0.15, 0.2) is 48.5 Å². The van der Waals surface area contributed by atoms with Gasteiger partial charge in [-0.05, 0) is 35.2 Å². The van der Waals surface area contributed by atoms with Crippen LogP contribution in [0.25, 0.3) is 0 Å². The summed E-state index contributed by atoms with van der Waals surface area (Å²) in [5.41, 5.74) is 3.63. The van der Waals surface area contributed by atoms with Crippen LogP contribution in [0.5, 0.6) is 5.75 Å². The number of hydrogen-bond donors (Lipinski definition) is 2. The number of hydrogen-bond acceptors (Lipinski definition) is 3. The van der Waals surface area contributed by atoms with E-state index in [1.165, 1.54) is 11.1 Å². The summed E-state index contributed by atoms with van der Waals surface area (Å²) in [6.45, 7) is 2.25. The molecule has 0 saturated carbocycles. The minimum Gasteiger partial charge on any atom is -0.508 e. The van der Waals surface area contributed by atoms with Crippen molar-refractivity contribution in [1.82, 2.24) is 10.2 Å². The van der Waals surface area contributed by atoms with Crippen molar-refractivity contribution in [2.75, 3.05) is 26.2 Å². The molecule has 0 aromatic heterocycles. The van der Waals surface area contributed by atoms with Gasteiger partial charge in [-0.2, -0.15) is 0 Å². The third-order valence-electron chi connectivity index (χ3n) is 5.06. The van der Waals surface area contributed by atoms with Crippen LogP contribution in [-0.4, -0.2) is 42.3 Å². The molecule has 4 rings (SSSR count). The van der Waals surface area contributed by atoms with Crippen LogP contribution in [0.1, 0.15) is 28.7 Å². The average molecular weight is 338 g/mol. The van der Waals surface area contributed by atoms with E-state index in [0.29, 0.717) is 32.2 Å². The predicted molar refractivity (Wildman–Crippen MR) is 94.7 cm³/mol. The van der Waals surface area contributed by atoms with E-state index in [1.807, 2.05) is 6.07 Å². The van der Waals surface area contributed by atoms with Crippen molar-refractivity contribution in [3.8, 4) is 5.75 Å². The Morgan fingerprint density at radius 3 is 2.96 bits per heavy atom. The fourth-order valence-corrected chi connectivity index (χ4v) is 3.63. The molecule has 2 N–H and O–H groups in total. The Hall–Kier alpha value is -2.53. The predicted octanol–water partition coefficient (Wildman–Crippen LogP) is 2.82. The van der Waals surface area contributed by atoms with Gasteiger partial charge in [0.25, 0.3) is 0 Å². The maximum Gasteiger partial charge on any atom is 0.317 e. The highest BCUT2D eigenvalue weighted by atomic mass is 16.5. The van der Waals surface area contributed by atoms with E-state index < -0.39 is 0 Å². The summed E-state index contributed by atoms with van der Waals surface area (Å²) >= 11 is 0. The lowest BCUT2D eigenvalue weighted by atomic mass is 9.78. The quantitative estimate of drug-likeness (QED) is 0.905. The van der Waals surface area contributed by atoms with Crippen molar-refractivity contribution in [1.29, 1.82) is 0 Å². The molecule has 2 atom stereocenters. The molecule has 1 fully saturated rings. The maximum absolute atomic E-state index is 12.5. The fourth-order valence-electron chi connectivity index (χ4n) is 3.63. The monoisotopic (exact) mass is 338 g/mol. The zero-order valence-electron chi connectivity index (χ0n) is 14.0. The van der Waals surface area contributed by atoms with Gasteiger partial charge in [-0.15, -0.1) is 0 Å². The van der Waals surface area contributed by atoms with E-state index in [-0.39, 0.29) is 17.9 Å². The topological polar surface area (TPSA) is 61.8 Å². The summed E-state index contributed by atoms with van der Waals surface area (Å²) in [5, 5.41) is 12.7. The highest BCUT2D eigenvalue weighted by molar-refractivity contribution is 5.74. The highest BCUT2D eigenvalue weighted by Gasteiger charge is 2.28. The Labute approximate surface area is 147 Å².